The second kappa shape index (κ2) is 6.04. The van der Waals surface area contributed by atoms with Crippen LogP contribution in [0.3, 0.4) is 0 Å². The zero-order valence-corrected chi connectivity index (χ0v) is 12.9. The highest BCUT2D eigenvalue weighted by Crippen LogP contribution is 2.18. The molecule has 1 aliphatic heterocycles. The van der Waals surface area contributed by atoms with E-state index in [-0.39, 0.29) is 5.70 Å². The molecule has 1 saturated heterocycles. The molecule has 0 spiro atoms. The average Bonchev–Trinajstić information content (AvgIpc) is 3.08. The lowest BCUT2D eigenvalue weighted by molar-refractivity contribution is -0.140. The summed E-state index contributed by atoms with van der Waals surface area (Å²) >= 11 is 0. The number of hydrogen-bond donors (Lipinski definition) is 2. The topological polar surface area (TPSA) is 91.6 Å². The maximum atomic E-state index is 12.2. The van der Waals surface area contributed by atoms with E-state index in [1.807, 2.05) is 48.0 Å². The van der Waals surface area contributed by atoms with Crippen LogP contribution in [0.5, 0.6) is 0 Å². The monoisotopic (exact) mass is 325 g/mol. The number of carbonyl (C=O) groups is 3. The average molecular weight is 325 g/mol. The van der Waals surface area contributed by atoms with Crippen molar-refractivity contribution in [2.75, 3.05) is 6.54 Å². The summed E-state index contributed by atoms with van der Waals surface area (Å²) in [7, 11) is 0. The zero-order valence-electron chi connectivity index (χ0n) is 12.9. The molecule has 7 nitrogen and oxygen atoms in total. The first-order chi connectivity index (χ1) is 11.5. The highest BCUT2D eigenvalue weighted by molar-refractivity contribution is 6.15. The summed E-state index contributed by atoms with van der Waals surface area (Å²) in [5.41, 5.74) is 2.76. The van der Waals surface area contributed by atoms with Crippen molar-refractivity contribution in [2.45, 2.75) is 6.92 Å². The SMILES string of the molecule is Cc1cccc(-n2cccc2/C=C2/NC(=O)N(CC(=O)O)C2=O)c1. The minimum atomic E-state index is -1.25. The summed E-state index contributed by atoms with van der Waals surface area (Å²) in [6.07, 6.45) is 3.38. The maximum Gasteiger partial charge on any atom is 0.329 e. The van der Waals surface area contributed by atoms with Crippen molar-refractivity contribution in [3.8, 4) is 5.69 Å². The molecular formula is C17H15N3O4. The molecule has 3 amide bonds. The van der Waals surface area contributed by atoms with E-state index in [9.17, 15) is 14.4 Å². The molecule has 3 rings (SSSR count). The van der Waals surface area contributed by atoms with Gasteiger partial charge in [0.05, 0.1) is 0 Å². The fraction of sp³-hybridized carbons (Fsp3) is 0.118. The summed E-state index contributed by atoms with van der Waals surface area (Å²) in [5.74, 6) is -1.90. The smallest absolute Gasteiger partial charge is 0.329 e. The minimum Gasteiger partial charge on any atom is -0.480 e. The van der Waals surface area contributed by atoms with Crippen LogP contribution in [0.2, 0.25) is 0 Å². The van der Waals surface area contributed by atoms with Crippen molar-refractivity contribution in [1.82, 2.24) is 14.8 Å². The number of urea groups is 1. The molecule has 0 saturated carbocycles. The fourth-order valence-electron chi connectivity index (χ4n) is 2.52. The lowest BCUT2D eigenvalue weighted by atomic mass is 10.2. The van der Waals surface area contributed by atoms with Gasteiger partial charge in [-0.1, -0.05) is 12.1 Å². The first-order valence-corrected chi connectivity index (χ1v) is 7.26. The predicted octanol–water partition coefficient (Wildman–Crippen LogP) is 1.76. The number of aliphatic carboxylic acids is 1. The molecule has 0 unspecified atom stereocenters. The van der Waals surface area contributed by atoms with E-state index in [0.29, 0.717) is 10.6 Å². The molecule has 0 bridgehead atoms. The van der Waals surface area contributed by atoms with Crippen molar-refractivity contribution in [1.29, 1.82) is 0 Å². The Morgan fingerprint density at radius 1 is 1.25 bits per heavy atom. The van der Waals surface area contributed by atoms with Crippen LogP contribution in [0.4, 0.5) is 4.79 Å². The van der Waals surface area contributed by atoms with Gasteiger partial charge in [0.1, 0.15) is 12.2 Å². The Morgan fingerprint density at radius 3 is 2.75 bits per heavy atom. The third-order valence-corrected chi connectivity index (χ3v) is 3.61. The number of imide groups is 1. The van der Waals surface area contributed by atoms with Crippen molar-refractivity contribution in [3.05, 3.63) is 59.5 Å². The highest BCUT2D eigenvalue weighted by atomic mass is 16.4. The number of amides is 3. The molecular weight excluding hydrogens is 310 g/mol. The standard InChI is InChI=1S/C17H15N3O4/c1-11-4-2-5-12(8-11)19-7-3-6-13(19)9-14-16(23)20(10-15(21)22)17(24)18-14/h2-9H,10H2,1H3,(H,18,24)(H,21,22)/b14-9+. The van der Waals surface area contributed by atoms with Crippen LogP contribution < -0.4 is 5.32 Å². The van der Waals surface area contributed by atoms with Gasteiger partial charge in [0.15, 0.2) is 0 Å². The van der Waals surface area contributed by atoms with E-state index in [1.165, 1.54) is 6.08 Å². The van der Waals surface area contributed by atoms with Crippen molar-refractivity contribution in [2.24, 2.45) is 0 Å². The van der Waals surface area contributed by atoms with Gasteiger partial charge in [-0.25, -0.2) is 9.69 Å². The van der Waals surface area contributed by atoms with Gasteiger partial charge in [-0.15, -0.1) is 0 Å². The van der Waals surface area contributed by atoms with Gasteiger partial charge in [0, 0.05) is 17.6 Å². The second-order valence-electron chi connectivity index (χ2n) is 5.42. The molecule has 0 atom stereocenters. The number of nitrogens with zero attached hydrogens (tertiary/aromatic N) is 2. The van der Waals surface area contributed by atoms with Gasteiger partial charge in [0.25, 0.3) is 5.91 Å². The molecule has 122 valence electrons. The molecule has 7 heteroatoms. The first-order valence-electron chi connectivity index (χ1n) is 7.26. The minimum absolute atomic E-state index is 0.0499. The molecule has 0 radical (unpaired) electrons. The quantitative estimate of drug-likeness (QED) is 0.662. The van der Waals surface area contributed by atoms with Crippen LogP contribution in [0, 0.1) is 6.92 Å². The summed E-state index contributed by atoms with van der Waals surface area (Å²) in [5, 5.41) is 11.2. The van der Waals surface area contributed by atoms with Crippen LogP contribution in [-0.4, -0.2) is 39.0 Å². The molecule has 2 heterocycles. The molecule has 1 aromatic heterocycles. The number of hydrogen-bond acceptors (Lipinski definition) is 3. The lowest BCUT2D eigenvalue weighted by Gasteiger charge is -2.08. The Kier molecular flexibility index (Phi) is 3.91. The predicted molar refractivity (Wildman–Crippen MR) is 86.4 cm³/mol. The van der Waals surface area contributed by atoms with Gasteiger partial charge in [-0.2, -0.15) is 0 Å². The molecule has 0 aliphatic carbocycles. The molecule has 24 heavy (non-hydrogen) atoms. The summed E-state index contributed by atoms with van der Waals surface area (Å²) in [6.45, 7) is 1.32. The normalized spacial score (nSPS) is 15.9. The Labute approximate surface area is 137 Å². The van der Waals surface area contributed by atoms with Gasteiger partial charge in [-0.05, 0) is 42.8 Å². The van der Waals surface area contributed by atoms with Gasteiger partial charge in [0.2, 0.25) is 0 Å². The van der Waals surface area contributed by atoms with E-state index in [4.69, 9.17) is 5.11 Å². The highest BCUT2D eigenvalue weighted by Gasteiger charge is 2.35. The lowest BCUT2D eigenvalue weighted by Crippen LogP contribution is -2.35. The van der Waals surface area contributed by atoms with Crippen LogP contribution in [0.15, 0.2) is 48.3 Å². The number of carbonyl (C=O) groups excluding carboxylic acids is 2. The number of aryl methyl sites for hydroxylation is 1. The molecule has 2 N–H and O–H groups in total. The second-order valence-corrected chi connectivity index (χ2v) is 5.42. The third-order valence-electron chi connectivity index (χ3n) is 3.61. The molecule has 1 fully saturated rings. The Balaban J connectivity index is 1.93. The van der Waals surface area contributed by atoms with Crippen LogP contribution >= 0.6 is 0 Å². The third kappa shape index (κ3) is 2.91. The number of nitrogens with one attached hydrogen (secondary N) is 1. The van der Waals surface area contributed by atoms with Crippen molar-refractivity contribution < 1.29 is 19.5 Å². The fourth-order valence-corrected chi connectivity index (χ4v) is 2.52. The summed E-state index contributed by atoms with van der Waals surface area (Å²) in [4.78, 5) is 35.3. The van der Waals surface area contributed by atoms with Gasteiger partial charge in [-0.3, -0.25) is 9.59 Å². The summed E-state index contributed by atoms with van der Waals surface area (Å²) < 4.78 is 1.87. The molecule has 1 aliphatic rings. The largest absolute Gasteiger partial charge is 0.480 e. The van der Waals surface area contributed by atoms with Gasteiger partial charge < -0.3 is 15.0 Å². The van der Waals surface area contributed by atoms with E-state index < -0.39 is 24.5 Å². The van der Waals surface area contributed by atoms with Crippen LogP contribution in [-0.2, 0) is 9.59 Å². The summed E-state index contributed by atoms with van der Waals surface area (Å²) in [6, 6.07) is 10.7. The first kappa shape index (κ1) is 15.5. The Hall–Kier alpha value is -3.35. The number of rotatable bonds is 4. The van der Waals surface area contributed by atoms with Gasteiger partial charge >= 0.3 is 12.0 Å². The van der Waals surface area contributed by atoms with Crippen molar-refractivity contribution in [3.63, 3.8) is 0 Å². The molecule has 2 aromatic rings. The number of carboxylic acids is 1. The number of benzene rings is 1. The van der Waals surface area contributed by atoms with Crippen molar-refractivity contribution >= 4 is 24.0 Å². The number of carboxylic acid groups (broad SMARTS) is 1. The van der Waals surface area contributed by atoms with E-state index >= 15 is 0 Å². The Morgan fingerprint density at radius 2 is 2.04 bits per heavy atom. The zero-order chi connectivity index (χ0) is 17.3. The molecule has 1 aromatic carbocycles. The van der Waals surface area contributed by atoms with E-state index in [1.54, 1.807) is 6.07 Å². The maximum absolute atomic E-state index is 12.2. The van der Waals surface area contributed by atoms with E-state index in [2.05, 4.69) is 5.32 Å². The van der Waals surface area contributed by atoms with E-state index in [0.717, 1.165) is 11.3 Å². The van der Waals surface area contributed by atoms with Crippen LogP contribution in [0.1, 0.15) is 11.3 Å². The Bertz CT molecular complexity index is 866. The van der Waals surface area contributed by atoms with Crippen LogP contribution in [0.25, 0.3) is 11.8 Å². The number of aromatic nitrogens is 1.